The Morgan fingerprint density at radius 1 is 1.33 bits per heavy atom. The van der Waals surface area contributed by atoms with Gasteiger partial charge in [0.2, 0.25) is 0 Å². The van der Waals surface area contributed by atoms with E-state index >= 15 is 0 Å². The maximum Gasteiger partial charge on any atom is 0.171 e. The highest BCUT2D eigenvalue weighted by Gasteiger charge is 2.11. The third-order valence-electron chi connectivity index (χ3n) is 2.61. The largest absolute Gasteiger partial charge is 0.486 e. The second-order valence-corrected chi connectivity index (χ2v) is 5.22. The van der Waals surface area contributed by atoms with Crippen molar-refractivity contribution in [2.75, 3.05) is 0 Å². The Hall–Kier alpha value is -1.68. The van der Waals surface area contributed by atoms with E-state index in [1.807, 2.05) is 38.1 Å². The summed E-state index contributed by atoms with van der Waals surface area (Å²) in [5, 5.41) is 0.834. The summed E-state index contributed by atoms with van der Waals surface area (Å²) in [6.45, 7) is 5.82. The van der Waals surface area contributed by atoms with Gasteiger partial charge in [0, 0.05) is 6.92 Å². The van der Waals surface area contributed by atoms with Crippen molar-refractivity contribution in [1.82, 2.24) is 4.98 Å². The molecule has 0 N–H and O–H groups in total. The van der Waals surface area contributed by atoms with Gasteiger partial charge in [0.25, 0.3) is 0 Å². The molecule has 0 saturated heterocycles. The van der Waals surface area contributed by atoms with Crippen LogP contribution in [0.25, 0.3) is 0 Å². The van der Waals surface area contributed by atoms with Gasteiger partial charge in [-0.05, 0) is 25.5 Å². The van der Waals surface area contributed by atoms with Gasteiger partial charge in [-0.3, -0.25) is 4.79 Å². The molecule has 0 radical (unpaired) electrons. The van der Waals surface area contributed by atoms with Crippen molar-refractivity contribution in [3.05, 3.63) is 45.4 Å². The molecule has 1 aromatic carbocycles. The summed E-state index contributed by atoms with van der Waals surface area (Å²) in [4.78, 5) is 16.4. The number of hydrogen-bond acceptors (Lipinski definition) is 4. The van der Waals surface area contributed by atoms with E-state index in [1.54, 1.807) is 6.92 Å². The number of ketones is 1. The average molecular weight is 261 g/mol. The number of hydrogen-bond donors (Lipinski definition) is 0. The number of benzene rings is 1. The fourth-order valence-electron chi connectivity index (χ4n) is 1.70. The zero-order chi connectivity index (χ0) is 13.1. The highest BCUT2D eigenvalue weighted by Crippen LogP contribution is 2.22. The molecule has 2 aromatic rings. The van der Waals surface area contributed by atoms with E-state index < -0.39 is 0 Å². The molecule has 0 amide bonds. The zero-order valence-electron chi connectivity index (χ0n) is 10.7. The molecule has 0 bridgehead atoms. The van der Waals surface area contributed by atoms with E-state index in [-0.39, 0.29) is 5.78 Å². The van der Waals surface area contributed by atoms with Crippen molar-refractivity contribution in [3.8, 4) is 5.75 Å². The Morgan fingerprint density at radius 3 is 2.67 bits per heavy atom. The third-order valence-corrected chi connectivity index (χ3v) is 3.84. The Labute approximate surface area is 110 Å². The van der Waals surface area contributed by atoms with Crippen LogP contribution in [0, 0.1) is 13.8 Å². The van der Waals surface area contributed by atoms with Crippen LogP contribution in [0.1, 0.15) is 32.9 Å². The van der Waals surface area contributed by atoms with Crippen LogP contribution in [0.15, 0.2) is 24.3 Å². The minimum absolute atomic E-state index is 0.0622. The number of Topliss-reactive ketones (excluding diaryl/α,β-unsaturated/α-hetero) is 1. The predicted octanol–water partition coefficient (Wildman–Crippen LogP) is 3.54. The maximum atomic E-state index is 11.3. The second-order valence-electron chi connectivity index (χ2n) is 4.13. The molecule has 0 spiro atoms. The Kier molecular flexibility index (Phi) is 3.77. The summed E-state index contributed by atoms with van der Waals surface area (Å²) in [5.74, 6) is 0.918. The van der Waals surface area contributed by atoms with Gasteiger partial charge in [-0.15, -0.1) is 11.3 Å². The Bertz CT molecular complexity index is 575. The standard InChI is InChI=1S/C14H15NO2S/c1-9-6-4-5-7-12(9)17-8-13-15-10(2)14(18-13)11(3)16/h4-7H,8H2,1-3H3. The summed E-state index contributed by atoms with van der Waals surface area (Å²) in [6, 6.07) is 7.85. The monoisotopic (exact) mass is 261 g/mol. The molecule has 3 nitrogen and oxygen atoms in total. The molecule has 1 aromatic heterocycles. The average Bonchev–Trinajstić information content (AvgIpc) is 2.70. The molecule has 2 rings (SSSR count). The van der Waals surface area contributed by atoms with Crippen molar-refractivity contribution in [2.45, 2.75) is 27.4 Å². The summed E-state index contributed by atoms with van der Waals surface area (Å²) in [5.41, 5.74) is 1.88. The summed E-state index contributed by atoms with van der Waals surface area (Å²) in [7, 11) is 0. The van der Waals surface area contributed by atoms with Gasteiger partial charge < -0.3 is 4.74 Å². The molecule has 0 fully saturated rings. The van der Waals surface area contributed by atoms with Crippen LogP contribution < -0.4 is 4.74 Å². The van der Waals surface area contributed by atoms with Gasteiger partial charge in [-0.2, -0.15) is 0 Å². The number of rotatable bonds is 4. The van der Waals surface area contributed by atoms with E-state index in [4.69, 9.17) is 4.74 Å². The van der Waals surface area contributed by atoms with Crippen LogP contribution >= 0.6 is 11.3 Å². The lowest BCUT2D eigenvalue weighted by Gasteiger charge is -2.06. The topological polar surface area (TPSA) is 39.2 Å². The van der Waals surface area contributed by atoms with Gasteiger partial charge in [-0.1, -0.05) is 18.2 Å². The normalized spacial score (nSPS) is 10.4. The molecule has 0 aliphatic heterocycles. The first-order chi connectivity index (χ1) is 8.58. The lowest BCUT2D eigenvalue weighted by atomic mass is 10.2. The second kappa shape index (κ2) is 5.31. The molecule has 0 atom stereocenters. The third kappa shape index (κ3) is 2.76. The molecule has 1 heterocycles. The van der Waals surface area contributed by atoms with E-state index in [2.05, 4.69) is 4.98 Å². The Morgan fingerprint density at radius 2 is 2.06 bits per heavy atom. The van der Waals surface area contributed by atoms with Crippen molar-refractivity contribution < 1.29 is 9.53 Å². The number of aromatic nitrogens is 1. The van der Waals surface area contributed by atoms with Crippen LogP contribution in [-0.4, -0.2) is 10.8 Å². The fraction of sp³-hybridized carbons (Fsp3) is 0.286. The van der Waals surface area contributed by atoms with Crippen LogP contribution in [0.2, 0.25) is 0 Å². The van der Waals surface area contributed by atoms with Gasteiger partial charge in [0.1, 0.15) is 17.4 Å². The molecular weight excluding hydrogens is 246 g/mol. The summed E-state index contributed by atoms with van der Waals surface area (Å²) in [6.07, 6.45) is 0. The molecule has 0 saturated carbocycles. The van der Waals surface area contributed by atoms with Crippen LogP contribution in [-0.2, 0) is 6.61 Å². The first kappa shape index (κ1) is 12.8. The van der Waals surface area contributed by atoms with Crippen molar-refractivity contribution in [3.63, 3.8) is 0 Å². The Balaban J connectivity index is 2.09. The number of thiazole rings is 1. The van der Waals surface area contributed by atoms with Gasteiger partial charge >= 0.3 is 0 Å². The molecule has 0 aliphatic rings. The van der Waals surface area contributed by atoms with E-state index in [1.165, 1.54) is 11.3 Å². The van der Waals surface area contributed by atoms with Crippen molar-refractivity contribution >= 4 is 17.1 Å². The molecular formula is C14H15NO2S. The van der Waals surface area contributed by atoms with Gasteiger partial charge in [0.15, 0.2) is 5.78 Å². The van der Waals surface area contributed by atoms with E-state index in [9.17, 15) is 4.79 Å². The highest BCUT2D eigenvalue weighted by molar-refractivity contribution is 7.13. The van der Waals surface area contributed by atoms with Crippen molar-refractivity contribution in [2.24, 2.45) is 0 Å². The van der Waals surface area contributed by atoms with Crippen LogP contribution in [0.3, 0.4) is 0 Å². The summed E-state index contributed by atoms with van der Waals surface area (Å²) >= 11 is 1.41. The smallest absolute Gasteiger partial charge is 0.171 e. The predicted molar refractivity (Wildman–Crippen MR) is 72.4 cm³/mol. The molecule has 4 heteroatoms. The first-order valence-corrected chi connectivity index (χ1v) is 6.55. The zero-order valence-corrected chi connectivity index (χ0v) is 11.5. The lowest BCUT2D eigenvalue weighted by molar-refractivity contribution is 0.102. The maximum absolute atomic E-state index is 11.3. The molecule has 18 heavy (non-hydrogen) atoms. The van der Waals surface area contributed by atoms with Gasteiger partial charge in [0.05, 0.1) is 10.6 Å². The van der Waals surface area contributed by atoms with Crippen molar-refractivity contribution in [1.29, 1.82) is 0 Å². The van der Waals surface area contributed by atoms with Gasteiger partial charge in [-0.25, -0.2) is 4.98 Å². The number of carbonyl (C=O) groups is 1. The molecule has 0 aliphatic carbocycles. The number of nitrogens with zero attached hydrogens (tertiary/aromatic N) is 1. The quantitative estimate of drug-likeness (QED) is 0.790. The van der Waals surface area contributed by atoms with E-state index in [0.29, 0.717) is 6.61 Å². The first-order valence-electron chi connectivity index (χ1n) is 5.73. The number of carbonyl (C=O) groups excluding carboxylic acids is 1. The lowest BCUT2D eigenvalue weighted by Crippen LogP contribution is -1.96. The van der Waals surface area contributed by atoms with E-state index in [0.717, 1.165) is 26.9 Å². The number of ether oxygens (including phenoxy) is 1. The molecule has 94 valence electrons. The van der Waals surface area contributed by atoms with Crippen LogP contribution in [0.5, 0.6) is 5.75 Å². The number of aryl methyl sites for hydroxylation is 2. The highest BCUT2D eigenvalue weighted by atomic mass is 32.1. The number of para-hydroxylation sites is 1. The minimum atomic E-state index is 0.0622. The minimum Gasteiger partial charge on any atom is -0.486 e. The molecule has 0 unspecified atom stereocenters. The fourth-order valence-corrected chi connectivity index (χ4v) is 2.57. The summed E-state index contributed by atoms with van der Waals surface area (Å²) < 4.78 is 5.71. The van der Waals surface area contributed by atoms with Crippen LogP contribution in [0.4, 0.5) is 0 Å². The SMILES string of the molecule is CC(=O)c1sc(COc2ccccc2C)nc1C.